The van der Waals surface area contributed by atoms with Crippen molar-refractivity contribution in [3.63, 3.8) is 0 Å². The van der Waals surface area contributed by atoms with Gasteiger partial charge in [0.15, 0.2) is 6.10 Å². The van der Waals surface area contributed by atoms with Gasteiger partial charge >= 0.3 is 11.9 Å². The van der Waals surface area contributed by atoms with Gasteiger partial charge in [-0.3, -0.25) is 19.2 Å². The van der Waals surface area contributed by atoms with E-state index in [0.29, 0.717) is 36.6 Å². The van der Waals surface area contributed by atoms with Crippen LogP contribution >= 0.6 is 11.3 Å². The van der Waals surface area contributed by atoms with E-state index in [9.17, 15) is 19.2 Å². The quantitative estimate of drug-likeness (QED) is 0.308. The predicted molar refractivity (Wildman–Crippen MR) is 153 cm³/mol. The van der Waals surface area contributed by atoms with Crippen molar-refractivity contribution in [2.75, 3.05) is 14.2 Å². The van der Waals surface area contributed by atoms with Crippen LogP contribution in [0.1, 0.15) is 86.5 Å². The minimum atomic E-state index is -0.688. The topological polar surface area (TPSA) is 115 Å². The van der Waals surface area contributed by atoms with Gasteiger partial charge in [0.25, 0.3) is 5.91 Å². The van der Waals surface area contributed by atoms with Gasteiger partial charge in [-0.1, -0.05) is 44.2 Å². The molecule has 3 rings (SSSR count). The largest absolute Gasteiger partial charge is 0.469 e. The Labute approximate surface area is 240 Å². The first-order chi connectivity index (χ1) is 19.1. The molecule has 1 saturated carbocycles. The lowest BCUT2D eigenvalue weighted by atomic mass is 9.96. The number of esters is 2. The van der Waals surface area contributed by atoms with E-state index in [1.807, 2.05) is 51.2 Å². The van der Waals surface area contributed by atoms with E-state index in [-0.39, 0.29) is 47.9 Å². The Bertz CT molecular complexity index is 1150. The number of rotatable bonds is 15. The molecule has 0 spiro atoms. The van der Waals surface area contributed by atoms with E-state index < -0.39 is 12.1 Å². The molecule has 2 amide bonds. The Morgan fingerprint density at radius 3 is 2.45 bits per heavy atom. The Morgan fingerprint density at radius 1 is 1.15 bits per heavy atom. The monoisotopic (exact) mass is 571 g/mol. The van der Waals surface area contributed by atoms with Crippen LogP contribution < -0.4 is 5.32 Å². The molecule has 1 aromatic heterocycles. The highest BCUT2D eigenvalue weighted by molar-refractivity contribution is 7.09. The third-order valence-electron chi connectivity index (χ3n) is 7.20. The number of hydrogen-bond donors (Lipinski definition) is 1. The zero-order valence-electron chi connectivity index (χ0n) is 24.1. The first-order valence-electron chi connectivity index (χ1n) is 13.9. The molecule has 218 valence electrons. The van der Waals surface area contributed by atoms with Gasteiger partial charge in [-0.15, -0.1) is 11.3 Å². The molecule has 40 heavy (non-hydrogen) atoms. The normalized spacial score (nSPS) is 15.2. The summed E-state index contributed by atoms with van der Waals surface area (Å²) >= 11 is 1.25. The summed E-state index contributed by atoms with van der Waals surface area (Å²) in [6.07, 6.45) is 3.57. The number of ether oxygens (including phenoxy) is 2. The number of aromatic nitrogens is 1. The second kappa shape index (κ2) is 14.9. The van der Waals surface area contributed by atoms with E-state index in [1.165, 1.54) is 25.4 Å². The Hall–Kier alpha value is -3.27. The highest BCUT2D eigenvalue weighted by Gasteiger charge is 2.33. The molecule has 3 atom stereocenters. The third kappa shape index (κ3) is 9.73. The molecule has 0 bridgehead atoms. The lowest BCUT2D eigenvalue weighted by Gasteiger charge is -2.33. The van der Waals surface area contributed by atoms with Crippen molar-refractivity contribution in [1.82, 2.24) is 15.2 Å². The average molecular weight is 572 g/mol. The first kappa shape index (κ1) is 31.3. The molecule has 1 aromatic carbocycles. The average Bonchev–Trinajstić information content (AvgIpc) is 3.59. The SMILES string of the molecule is COC(=O)CC[C@H](Cc1ccccc1)NC(=O)c1csc([C@@H](CC(C(C)C)N(C)C(=O)CC2CC2)OC(C)=O)n1. The summed E-state index contributed by atoms with van der Waals surface area (Å²) in [6.45, 7) is 5.42. The van der Waals surface area contributed by atoms with E-state index in [0.717, 1.165) is 18.4 Å². The summed E-state index contributed by atoms with van der Waals surface area (Å²) in [4.78, 5) is 56.1. The summed E-state index contributed by atoms with van der Waals surface area (Å²) in [5, 5.41) is 5.16. The maximum atomic E-state index is 13.2. The van der Waals surface area contributed by atoms with Crippen LogP contribution in [0.25, 0.3) is 0 Å². The van der Waals surface area contributed by atoms with Crippen molar-refractivity contribution in [2.45, 2.75) is 83.9 Å². The van der Waals surface area contributed by atoms with Gasteiger partial charge in [-0.2, -0.15) is 0 Å². The summed E-state index contributed by atoms with van der Waals surface area (Å²) < 4.78 is 10.4. The third-order valence-corrected chi connectivity index (χ3v) is 8.14. The van der Waals surface area contributed by atoms with Crippen LogP contribution in [0.4, 0.5) is 0 Å². The number of carbonyl (C=O) groups is 4. The van der Waals surface area contributed by atoms with E-state index >= 15 is 0 Å². The molecule has 0 radical (unpaired) electrons. The van der Waals surface area contributed by atoms with Crippen LogP contribution in [0.5, 0.6) is 0 Å². The van der Waals surface area contributed by atoms with Crippen LogP contribution in [0, 0.1) is 11.8 Å². The molecule has 1 heterocycles. The number of thiazole rings is 1. The number of nitrogens with one attached hydrogen (secondary N) is 1. The first-order valence-corrected chi connectivity index (χ1v) is 14.7. The Balaban J connectivity index is 1.73. The summed E-state index contributed by atoms with van der Waals surface area (Å²) in [6, 6.07) is 9.26. The number of methoxy groups -OCH3 is 1. The maximum Gasteiger partial charge on any atom is 0.305 e. The number of hydrogen-bond acceptors (Lipinski definition) is 8. The molecule has 1 aliphatic carbocycles. The second-order valence-electron chi connectivity index (χ2n) is 10.8. The van der Waals surface area contributed by atoms with Crippen molar-refractivity contribution >= 4 is 35.1 Å². The molecule has 0 saturated heterocycles. The van der Waals surface area contributed by atoms with Crippen molar-refractivity contribution < 1.29 is 28.7 Å². The number of benzene rings is 1. The van der Waals surface area contributed by atoms with Gasteiger partial charge in [0.05, 0.1) is 7.11 Å². The van der Waals surface area contributed by atoms with Crippen LogP contribution in [0.2, 0.25) is 0 Å². The predicted octanol–water partition coefficient (Wildman–Crippen LogP) is 4.71. The van der Waals surface area contributed by atoms with Crippen molar-refractivity contribution in [3.8, 4) is 0 Å². The minimum Gasteiger partial charge on any atom is -0.469 e. The van der Waals surface area contributed by atoms with Gasteiger partial charge in [0, 0.05) is 50.7 Å². The van der Waals surface area contributed by atoms with Gasteiger partial charge in [0.1, 0.15) is 10.7 Å². The summed E-state index contributed by atoms with van der Waals surface area (Å²) in [5.41, 5.74) is 1.25. The van der Waals surface area contributed by atoms with Crippen LogP contribution in [0.3, 0.4) is 0 Å². The highest BCUT2D eigenvalue weighted by Crippen LogP contribution is 2.35. The maximum absolute atomic E-state index is 13.2. The highest BCUT2D eigenvalue weighted by atomic mass is 32.1. The molecule has 1 fully saturated rings. The fourth-order valence-electron chi connectivity index (χ4n) is 4.71. The molecule has 2 aromatic rings. The van der Waals surface area contributed by atoms with Gasteiger partial charge in [-0.25, -0.2) is 4.98 Å². The lowest BCUT2D eigenvalue weighted by Crippen LogP contribution is -2.42. The van der Waals surface area contributed by atoms with Gasteiger partial charge in [0.2, 0.25) is 5.91 Å². The molecule has 10 heteroatoms. The summed E-state index contributed by atoms with van der Waals surface area (Å²) in [7, 11) is 3.15. The van der Waals surface area contributed by atoms with E-state index in [4.69, 9.17) is 9.47 Å². The standard InChI is InChI=1S/C30H41N3O6S/c1-19(2)25(33(4)27(35)16-22-11-12-22)17-26(39-20(3)34)30-32-24(18-40-30)29(37)31-23(13-14-28(36)38-5)15-21-9-7-6-8-10-21/h6-10,18-19,22-23,25-26H,11-17H2,1-5H3,(H,31,37)/t23-,25?,26-/m1/s1. The Morgan fingerprint density at radius 2 is 1.85 bits per heavy atom. The zero-order chi connectivity index (χ0) is 29.2. The molecular weight excluding hydrogens is 530 g/mol. The minimum absolute atomic E-state index is 0.0957. The fraction of sp³-hybridized carbons (Fsp3) is 0.567. The van der Waals surface area contributed by atoms with Crippen molar-refractivity contribution in [1.29, 1.82) is 0 Å². The van der Waals surface area contributed by atoms with E-state index in [2.05, 4.69) is 10.3 Å². The van der Waals surface area contributed by atoms with Crippen LogP contribution in [-0.2, 0) is 30.3 Å². The molecule has 1 unspecified atom stereocenters. The lowest BCUT2D eigenvalue weighted by molar-refractivity contribution is -0.148. The van der Waals surface area contributed by atoms with Crippen LogP contribution in [0.15, 0.2) is 35.7 Å². The Kier molecular flexibility index (Phi) is 11.7. The number of amides is 2. The number of nitrogens with zero attached hydrogens (tertiary/aromatic N) is 2. The molecule has 9 nitrogen and oxygen atoms in total. The van der Waals surface area contributed by atoms with Gasteiger partial charge in [-0.05, 0) is 43.1 Å². The molecular formula is C30H41N3O6S. The zero-order valence-corrected chi connectivity index (χ0v) is 24.9. The summed E-state index contributed by atoms with van der Waals surface area (Å²) in [5.74, 6) is -0.461. The molecule has 1 aliphatic rings. The smallest absolute Gasteiger partial charge is 0.305 e. The van der Waals surface area contributed by atoms with E-state index in [1.54, 1.807) is 10.3 Å². The van der Waals surface area contributed by atoms with Gasteiger partial charge < -0.3 is 19.7 Å². The molecule has 0 aliphatic heterocycles. The van der Waals surface area contributed by atoms with Crippen molar-refractivity contribution in [3.05, 3.63) is 52.0 Å². The fourth-order valence-corrected chi connectivity index (χ4v) is 5.55. The van der Waals surface area contributed by atoms with Crippen molar-refractivity contribution in [2.24, 2.45) is 11.8 Å². The van der Waals surface area contributed by atoms with Crippen LogP contribution in [-0.4, -0.2) is 59.9 Å². The number of carbonyl (C=O) groups excluding carboxylic acids is 4. The molecule has 1 N–H and O–H groups in total. The second-order valence-corrected chi connectivity index (χ2v) is 11.7.